The molecule has 0 bridgehead atoms. The van der Waals surface area contributed by atoms with Crippen molar-refractivity contribution in [2.24, 2.45) is 0 Å². The van der Waals surface area contributed by atoms with Gasteiger partial charge in [0, 0.05) is 11.6 Å². The van der Waals surface area contributed by atoms with Crippen LogP contribution in [-0.2, 0) is 6.42 Å². The summed E-state index contributed by atoms with van der Waals surface area (Å²) in [6, 6.07) is 14.7. The summed E-state index contributed by atoms with van der Waals surface area (Å²) in [6.07, 6.45) is 1.09. The van der Waals surface area contributed by atoms with Crippen molar-refractivity contribution in [1.82, 2.24) is 10.3 Å². The number of thiazole rings is 1. The molecule has 1 aliphatic heterocycles. The molecule has 1 N–H and O–H groups in total. The molecule has 0 aliphatic carbocycles. The highest BCUT2D eigenvalue weighted by Gasteiger charge is 2.23. The molecular weight excluding hydrogens is 288 g/mol. The Bertz CT molecular complexity index is 781. The molecule has 0 saturated heterocycles. The van der Waals surface area contributed by atoms with Crippen molar-refractivity contribution < 1.29 is 0 Å². The van der Waals surface area contributed by atoms with Crippen LogP contribution in [0.2, 0.25) is 5.02 Å². The number of benzene rings is 2. The molecule has 20 heavy (non-hydrogen) atoms. The normalized spacial score (nSPS) is 18.1. The summed E-state index contributed by atoms with van der Waals surface area (Å²) < 4.78 is 1.19. The number of fused-ring (bicyclic) bond motifs is 2. The first kappa shape index (κ1) is 12.3. The van der Waals surface area contributed by atoms with Gasteiger partial charge in [-0.15, -0.1) is 11.3 Å². The Balaban J connectivity index is 1.84. The van der Waals surface area contributed by atoms with E-state index in [1.54, 1.807) is 11.3 Å². The molecule has 1 aliphatic rings. The molecule has 0 radical (unpaired) electrons. The minimum atomic E-state index is 0.205. The smallest absolute Gasteiger partial charge is 0.115 e. The van der Waals surface area contributed by atoms with Gasteiger partial charge in [0.2, 0.25) is 0 Å². The summed E-state index contributed by atoms with van der Waals surface area (Å²) in [6.45, 7) is 0.998. The second kappa shape index (κ2) is 4.85. The zero-order valence-corrected chi connectivity index (χ0v) is 12.3. The third-order valence-electron chi connectivity index (χ3n) is 3.72. The van der Waals surface area contributed by atoms with Crippen LogP contribution in [0.25, 0.3) is 10.2 Å². The summed E-state index contributed by atoms with van der Waals surface area (Å²) in [5.74, 6) is 0. The largest absolute Gasteiger partial charge is 0.304 e. The minimum absolute atomic E-state index is 0.205. The van der Waals surface area contributed by atoms with E-state index in [4.69, 9.17) is 16.6 Å². The van der Waals surface area contributed by atoms with Gasteiger partial charge in [-0.1, -0.05) is 35.9 Å². The van der Waals surface area contributed by atoms with Crippen LogP contribution in [0.5, 0.6) is 0 Å². The standard InChI is InChI=1S/C16H13ClN2S/c17-11-5-6-14-13(9-11)19-16(20-14)15-12-4-2-1-3-10(12)7-8-18-15/h1-6,9,15,18H,7-8H2. The zero-order valence-electron chi connectivity index (χ0n) is 10.8. The quantitative estimate of drug-likeness (QED) is 0.729. The average molecular weight is 301 g/mol. The van der Waals surface area contributed by atoms with Gasteiger partial charge in [0.05, 0.1) is 16.3 Å². The lowest BCUT2D eigenvalue weighted by atomic mass is 9.95. The van der Waals surface area contributed by atoms with Crippen molar-refractivity contribution in [3.05, 3.63) is 63.6 Å². The van der Waals surface area contributed by atoms with Crippen LogP contribution >= 0.6 is 22.9 Å². The van der Waals surface area contributed by atoms with E-state index in [1.807, 2.05) is 18.2 Å². The van der Waals surface area contributed by atoms with Gasteiger partial charge >= 0.3 is 0 Å². The first-order chi connectivity index (χ1) is 9.81. The van der Waals surface area contributed by atoms with E-state index < -0.39 is 0 Å². The fourth-order valence-electron chi connectivity index (χ4n) is 2.77. The van der Waals surface area contributed by atoms with Crippen LogP contribution in [0.15, 0.2) is 42.5 Å². The van der Waals surface area contributed by atoms with Gasteiger partial charge in [-0.3, -0.25) is 0 Å². The van der Waals surface area contributed by atoms with Gasteiger partial charge in [-0.2, -0.15) is 0 Å². The zero-order chi connectivity index (χ0) is 13.5. The van der Waals surface area contributed by atoms with E-state index in [9.17, 15) is 0 Å². The molecule has 2 heterocycles. The predicted octanol–water partition coefficient (Wildman–Crippen LogP) is 4.18. The van der Waals surface area contributed by atoms with Gasteiger partial charge in [0.15, 0.2) is 0 Å². The van der Waals surface area contributed by atoms with Crippen molar-refractivity contribution in [3.63, 3.8) is 0 Å². The van der Waals surface area contributed by atoms with E-state index in [0.29, 0.717) is 0 Å². The van der Waals surface area contributed by atoms with Crippen LogP contribution in [0.3, 0.4) is 0 Å². The van der Waals surface area contributed by atoms with E-state index in [1.165, 1.54) is 15.8 Å². The highest BCUT2D eigenvalue weighted by atomic mass is 35.5. The molecule has 0 fully saturated rings. The number of aromatic nitrogens is 1. The first-order valence-corrected chi connectivity index (χ1v) is 7.88. The molecule has 3 aromatic rings. The Morgan fingerprint density at radius 3 is 3.05 bits per heavy atom. The summed E-state index contributed by atoms with van der Waals surface area (Å²) in [4.78, 5) is 4.77. The maximum absolute atomic E-state index is 6.04. The Kier molecular flexibility index (Phi) is 2.99. The van der Waals surface area contributed by atoms with E-state index in [2.05, 4.69) is 29.6 Å². The van der Waals surface area contributed by atoms with Gasteiger partial charge in [0.1, 0.15) is 5.01 Å². The third-order valence-corrected chi connectivity index (χ3v) is 5.06. The lowest BCUT2D eigenvalue weighted by molar-refractivity contribution is 0.566. The molecule has 0 spiro atoms. The summed E-state index contributed by atoms with van der Waals surface area (Å²) in [5, 5.41) is 5.44. The predicted molar refractivity (Wildman–Crippen MR) is 84.6 cm³/mol. The van der Waals surface area contributed by atoms with Gasteiger partial charge < -0.3 is 5.32 Å². The summed E-state index contributed by atoms with van der Waals surface area (Å²) in [5.41, 5.74) is 3.76. The summed E-state index contributed by atoms with van der Waals surface area (Å²) >= 11 is 7.79. The molecule has 1 unspecified atom stereocenters. The van der Waals surface area contributed by atoms with Gasteiger partial charge in [0.25, 0.3) is 0 Å². The first-order valence-electron chi connectivity index (χ1n) is 6.68. The third kappa shape index (κ3) is 2.03. The Morgan fingerprint density at radius 2 is 2.10 bits per heavy atom. The Labute approximate surface area is 126 Å². The lowest BCUT2D eigenvalue weighted by Crippen LogP contribution is -2.30. The molecule has 1 atom stereocenters. The minimum Gasteiger partial charge on any atom is -0.304 e. The molecule has 2 aromatic carbocycles. The molecule has 2 nitrogen and oxygen atoms in total. The highest BCUT2D eigenvalue weighted by molar-refractivity contribution is 7.18. The molecule has 4 heteroatoms. The van der Waals surface area contributed by atoms with E-state index in [-0.39, 0.29) is 6.04 Å². The van der Waals surface area contributed by atoms with Crippen LogP contribution < -0.4 is 5.32 Å². The summed E-state index contributed by atoms with van der Waals surface area (Å²) in [7, 11) is 0. The Morgan fingerprint density at radius 1 is 1.20 bits per heavy atom. The number of nitrogens with zero attached hydrogens (tertiary/aromatic N) is 1. The van der Waals surface area contributed by atoms with E-state index in [0.717, 1.165) is 28.5 Å². The van der Waals surface area contributed by atoms with Crippen molar-refractivity contribution in [3.8, 4) is 0 Å². The number of halogens is 1. The van der Waals surface area contributed by atoms with Crippen LogP contribution in [0, 0.1) is 0 Å². The van der Waals surface area contributed by atoms with Crippen molar-refractivity contribution in [2.75, 3.05) is 6.54 Å². The molecule has 100 valence electrons. The Hall–Kier alpha value is -1.42. The topological polar surface area (TPSA) is 24.9 Å². The highest BCUT2D eigenvalue weighted by Crippen LogP contribution is 2.34. The second-order valence-corrected chi connectivity index (χ2v) is 6.50. The number of hydrogen-bond donors (Lipinski definition) is 1. The maximum Gasteiger partial charge on any atom is 0.115 e. The molecule has 0 amide bonds. The number of hydrogen-bond acceptors (Lipinski definition) is 3. The lowest BCUT2D eigenvalue weighted by Gasteiger charge is -2.25. The molecule has 4 rings (SSSR count). The van der Waals surface area contributed by atoms with Gasteiger partial charge in [-0.05, 0) is 35.7 Å². The maximum atomic E-state index is 6.04. The van der Waals surface area contributed by atoms with Crippen LogP contribution in [-0.4, -0.2) is 11.5 Å². The molecular formula is C16H13ClN2S. The van der Waals surface area contributed by atoms with E-state index >= 15 is 0 Å². The van der Waals surface area contributed by atoms with Crippen LogP contribution in [0.1, 0.15) is 22.2 Å². The van der Waals surface area contributed by atoms with Crippen LogP contribution in [0.4, 0.5) is 0 Å². The van der Waals surface area contributed by atoms with Gasteiger partial charge in [-0.25, -0.2) is 4.98 Å². The van der Waals surface area contributed by atoms with Crippen molar-refractivity contribution >= 4 is 33.2 Å². The van der Waals surface area contributed by atoms with Crippen molar-refractivity contribution in [2.45, 2.75) is 12.5 Å². The monoisotopic (exact) mass is 300 g/mol. The molecule has 0 saturated carbocycles. The fourth-order valence-corrected chi connectivity index (χ4v) is 3.98. The SMILES string of the molecule is Clc1ccc2sc(C3NCCc4ccccc43)nc2c1. The second-order valence-electron chi connectivity index (χ2n) is 5.00. The number of nitrogens with one attached hydrogen (secondary N) is 1. The molecule has 1 aromatic heterocycles. The fraction of sp³-hybridized carbons (Fsp3) is 0.188. The average Bonchev–Trinajstić information content (AvgIpc) is 2.89. The number of rotatable bonds is 1. The van der Waals surface area contributed by atoms with Crippen molar-refractivity contribution in [1.29, 1.82) is 0 Å².